The van der Waals surface area contributed by atoms with Crippen molar-refractivity contribution in [1.82, 2.24) is 4.90 Å². The van der Waals surface area contributed by atoms with Crippen LogP contribution in [-0.4, -0.2) is 35.6 Å². The summed E-state index contributed by atoms with van der Waals surface area (Å²) < 4.78 is 5.10. The number of amides is 3. The van der Waals surface area contributed by atoms with Crippen LogP contribution < -0.4 is 10.1 Å². The van der Waals surface area contributed by atoms with Gasteiger partial charge in [0.15, 0.2) is 0 Å². The number of nitrogens with zero attached hydrogens (tertiary/aromatic N) is 1. The van der Waals surface area contributed by atoms with Gasteiger partial charge in [-0.05, 0) is 47.7 Å². The number of nitrogens with one attached hydrogen (secondary N) is 1. The van der Waals surface area contributed by atoms with Gasteiger partial charge in [-0.3, -0.25) is 19.3 Å². The van der Waals surface area contributed by atoms with Crippen molar-refractivity contribution in [2.45, 2.75) is 6.42 Å². The molecule has 27 heavy (non-hydrogen) atoms. The molecule has 1 saturated heterocycles. The van der Waals surface area contributed by atoms with Crippen LogP contribution in [0.3, 0.4) is 0 Å². The van der Waals surface area contributed by atoms with E-state index in [-0.39, 0.29) is 30.0 Å². The molecule has 6 nitrogen and oxygen atoms in total. The Labute approximate surface area is 161 Å². The minimum absolute atomic E-state index is 0.0444. The largest absolute Gasteiger partial charge is 0.497 e. The minimum Gasteiger partial charge on any atom is -0.497 e. The SMILES string of the molecule is COc1ccc(C=C2SC(=O)N(CCC(=O)Nc3ccccc3)C2=O)cc1. The van der Waals surface area contributed by atoms with Crippen molar-refractivity contribution in [1.29, 1.82) is 0 Å². The zero-order valence-electron chi connectivity index (χ0n) is 14.7. The van der Waals surface area contributed by atoms with Gasteiger partial charge in [-0.25, -0.2) is 0 Å². The third-order valence-electron chi connectivity index (χ3n) is 3.91. The molecule has 2 aromatic rings. The molecule has 0 aromatic heterocycles. The van der Waals surface area contributed by atoms with E-state index < -0.39 is 0 Å². The standard InChI is InChI=1S/C20H18N2O4S/c1-26-16-9-7-14(8-10-16)13-17-19(24)22(20(25)27-17)12-11-18(23)21-15-5-3-2-4-6-15/h2-10,13H,11-12H2,1H3,(H,21,23). The highest BCUT2D eigenvalue weighted by atomic mass is 32.2. The van der Waals surface area contributed by atoms with Gasteiger partial charge in [-0.15, -0.1) is 0 Å². The summed E-state index contributed by atoms with van der Waals surface area (Å²) in [7, 11) is 1.58. The average Bonchev–Trinajstić information content (AvgIpc) is 2.94. The summed E-state index contributed by atoms with van der Waals surface area (Å²) in [6.07, 6.45) is 1.71. The van der Waals surface area contributed by atoms with Crippen molar-refractivity contribution in [2.75, 3.05) is 19.0 Å². The minimum atomic E-state index is -0.381. The Balaban J connectivity index is 1.60. The van der Waals surface area contributed by atoms with Crippen LogP contribution in [0.5, 0.6) is 5.75 Å². The normalized spacial score (nSPS) is 15.3. The number of para-hydroxylation sites is 1. The Kier molecular flexibility index (Phi) is 5.93. The van der Waals surface area contributed by atoms with Crippen LogP contribution in [0.2, 0.25) is 0 Å². The molecule has 2 aromatic carbocycles. The van der Waals surface area contributed by atoms with Gasteiger partial charge in [0, 0.05) is 18.7 Å². The molecule has 1 N–H and O–H groups in total. The number of hydrogen-bond acceptors (Lipinski definition) is 5. The summed E-state index contributed by atoms with van der Waals surface area (Å²) >= 11 is 0.878. The Bertz CT molecular complexity index is 879. The van der Waals surface area contributed by atoms with E-state index in [1.54, 1.807) is 49.6 Å². The van der Waals surface area contributed by atoms with Gasteiger partial charge in [-0.1, -0.05) is 30.3 Å². The van der Waals surface area contributed by atoms with Gasteiger partial charge in [0.25, 0.3) is 11.1 Å². The van der Waals surface area contributed by atoms with Crippen LogP contribution in [0.15, 0.2) is 59.5 Å². The molecule has 3 amide bonds. The van der Waals surface area contributed by atoms with Gasteiger partial charge in [0.05, 0.1) is 12.0 Å². The van der Waals surface area contributed by atoms with E-state index in [2.05, 4.69) is 5.32 Å². The first-order valence-corrected chi connectivity index (χ1v) is 9.13. The number of carbonyl (C=O) groups is 3. The molecule has 1 heterocycles. The number of hydrogen-bond donors (Lipinski definition) is 1. The number of rotatable bonds is 6. The predicted octanol–water partition coefficient (Wildman–Crippen LogP) is 3.76. The van der Waals surface area contributed by atoms with Crippen molar-refractivity contribution < 1.29 is 19.1 Å². The van der Waals surface area contributed by atoms with Crippen molar-refractivity contribution in [2.24, 2.45) is 0 Å². The second kappa shape index (κ2) is 8.55. The van der Waals surface area contributed by atoms with E-state index in [1.165, 1.54) is 0 Å². The Hall–Kier alpha value is -3.06. The smallest absolute Gasteiger partial charge is 0.293 e. The highest BCUT2D eigenvalue weighted by molar-refractivity contribution is 8.18. The number of anilines is 1. The summed E-state index contributed by atoms with van der Waals surface area (Å²) in [6, 6.07) is 16.2. The lowest BCUT2D eigenvalue weighted by Crippen LogP contribution is -2.31. The lowest BCUT2D eigenvalue weighted by Gasteiger charge is -2.12. The number of methoxy groups -OCH3 is 1. The lowest BCUT2D eigenvalue weighted by atomic mass is 10.2. The first kappa shape index (κ1) is 18.7. The lowest BCUT2D eigenvalue weighted by molar-refractivity contribution is -0.123. The van der Waals surface area contributed by atoms with Crippen LogP contribution >= 0.6 is 11.8 Å². The zero-order chi connectivity index (χ0) is 19.2. The van der Waals surface area contributed by atoms with Crippen LogP contribution in [0, 0.1) is 0 Å². The molecule has 1 aliphatic heterocycles. The number of carbonyl (C=O) groups excluding carboxylic acids is 3. The van der Waals surface area contributed by atoms with Gasteiger partial charge in [0.1, 0.15) is 5.75 Å². The summed E-state index contributed by atoms with van der Waals surface area (Å²) in [6.45, 7) is 0.0449. The molecular weight excluding hydrogens is 364 g/mol. The van der Waals surface area contributed by atoms with Crippen molar-refractivity contribution in [3.05, 3.63) is 65.1 Å². The number of ether oxygens (including phenoxy) is 1. The van der Waals surface area contributed by atoms with Crippen LogP contribution in [0.4, 0.5) is 10.5 Å². The summed E-state index contributed by atoms with van der Waals surface area (Å²) in [5.41, 5.74) is 1.47. The van der Waals surface area contributed by atoms with Crippen molar-refractivity contribution >= 4 is 40.6 Å². The van der Waals surface area contributed by atoms with Gasteiger partial charge in [0.2, 0.25) is 5.91 Å². The molecule has 0 aliphatic carbocycles. The maximum Gasteiger partial charge on any atom is 0.293 e. The van der Waals surface area contributed by atoms with E-state index >= 15 is 0 Å². The second-order valence-electron chi connectivity index (χ2n) is 5.77. The Morgan fingerprint density at radius 1 is 1.11 bits per heavy atom. The first-order chi connectivity index (χ1) is 13.1. The van der Waals surface area contributed by atoms with Crippen LogP contribution in [-0.2, 0) is 9.59 Å². The third-order valence-corrected chi connectivity index (χ3v) is 4.81. The quantitative estimate of drug-likeness (QED) is 0.770. The molecule has 0 unspecified atom stereocenters. The number of imide groups is 1. The first-order valence-electron chi connectivity index (χ1n) is 8.31. The molecule has 0 saturated carbocycles. The fraction of sp³-hybridized carbons (Fsp3) is 0.150. The second-order valence-corrected chi connectivity index (χ2v) is 6.76. The molecule has 138 valence electrons. The molecule has 1 fully saturated rings. The monoisotopic (exact) mass is 382 g/mol. The van der Waals surface area contributed by atoms with Crippen molar-refractivity contribution in [3.8, 4) is 5.75 Å². The number of benzene rings is 2. The molecule has 7 heteroatoms. The molecule has 0 radical (unpaired) electrons. The molecule has 0 atom stereocenters. The number of thioether (sulfide) groups is 1. The van der Waals surface area contributed by atoms with E-state index in [9.17, 15) is 14.4 Å². The van der Waals surface area contributed by atoms with E-state index in [0.717, 1.165) is 22.2 Å². The summed E-state index contributed by atoms with van der Waals surface area (Å²) in [5, 5.41) is 2.37. The molecule has 0 spiro atoms. The van der Waals surface area contributed by atoms with Gasteiger partial charge in [-0.2, -0.15) is 0 Å². The van der Waals surface area contributed by atoms with E-state index in [0.29, 0.717) is 16.3 Å². The predicted molar refractivity (Wildman–Crippen MR) is 105 cm³/mol. The fourth-order valence-corrected chi connectivity index (χ4v) is 3.37. The molecule has 1 aliphatic rings. The topological polar surface area (TPSA) is 75.7 Å². The Morgan fingerprint density at radius 3 is 2.48 bits per heavy atom. The summed E-state index contributed by atoms with van der Waals surface area (Å²) in [5.74, 6) is 0.0809. The molecule has 3 rings (SSSR count). The molecular formula is C20H18N2O4S. The average molecular weight is 382 g/mol. The highest BCUT2D eigenvalue weighted by Gasteiger charge is 2.35. The maximum absolute atomic E-state index is 12.5. The molecule has 0 bridgehead atoms. The van der Waals surface area contributed by atoms with Crippen LogP contribution in [0.25, 0.3) is 6.08 Å². The van der Waals surface area contributed by atoms with Gasteiger partial charge >= 0.3 is 0 Å². The van der Waals surface area contributed by atoms with E-state index in [1.807, 2.05) is 18.2 Å². The maximum atomic E-state index is 12.5. The zero-order valence-corrected chi connectivity index (χ0v) is 15.5. The van der Waals surface area contributed by atoms with E-state index in [4.69, 9.17) is 4.74 Å². The van der Waals surface area contributed by atoms with Gasteiger partial charge < -0.3 is 10.1 Å². The van der Waals surface area contributed by atoms with Crippen LogP contribution in [0.1, 0.15) is 12.0 Å². The third kappa shape index (κ3) is 4.77. The highest BCUT2D eigenvalue weighted by Crippen LogP contribution is 2.32. The summed E-state index contributed by atoms with van der Waals surface area (Å²) in [4.78, 5) is 38.1. The fourth-order valence-electron chi connectivity index (χ4n) is 2.50. The Morgan fingerprint density at radius 2 is 1.81 bits per heavy atom. The van der Waals surface area contributed by atoms with Crippen molar-refractivity contribution in [3.63, 3.8) is 0 Å².